The molecule has 0 spiro atoms. The quantitative estimate of drug-likeness (QED) is 0.605. The fraction of sp³-hybridized carbons (Fsp3) is 0.500. The number of anilines is 1. The first-order valence-electron chi connectivity index (χ1n) is 4.70. The maximum absolute atomic E-state index is 6.07. The normalized spacial score (nSPS) is 11.8. The van der Waals surface area contributed by atoms with Crippen LogP contribution in [0, 0.1) is 13.8 Å². The molecule has 1 rings (SSSR count). The Morgan fingerprint density at radius 1 is 1.08 bits per heavy atom. The number of aryl methyl sites for hydroxylation is 1. The van der Waals surface area contributed by atoms with E-state index in [9.17, 15) is 0 Å². The van der Waals surface area contributed by atoms with Crippen molar-refractivity contribution in [1.29, 1.82) is 0 Å². The molecule has 1 aromatic rings. The first-order chi connectivity index (χ1) is 5.84. The van der Waals surface area contributed by atoms with Gasteiger partial charge >= 0.3 is 0 Å². The van der Waals surface area contributed by atoms with Gasteiger partial charge in [-0.1, -0.05) is 32.9 Å². The topological polar surface area (TPSA) is 26.0 Å². The van der Waals surface area contributed by atoms with Crippen molar-refractivity contribution in [2.24, 2.45) is 0 Å². The summed E-state index contributed by atoms with van der Waals surface area (Å²) in [5, 5.41) is 0. The third-order valence-electron chi connectivity index (χ3n) is 2.59. The SMILES string of the molecule is Cc1ccc(C(C)(C)C)c(N)c1C. The lowest BCUT2D eigenvalue weighted by atomic mass is 9.84. The summed E-state index contributed by atoms with van der Waals surface area (Å²) in [5.74, 6) is 0. The number of hydrogen-bond acceptors (Lipinski definition) is 1. The number of nitrogens with two attached hydrogens (primary N) is 1. The standard InChI is InChI=1S/C12H19N/c1-8-6-7-10(12(3,4)5)11(13)9(8)2/h6-7H,13H2,1-5H3. The fourth-order valence-corrected chi connectivity index (χ4v) is 1.49. The first-order valence-corrected chi connectivity index (χ1v) is 4.70. The van der Waals surface area contributed by atoms with Crippen LogP contribution in [0.3, 0.4) is 0 Å². The fourth-order valence-electron chi connectivity index (χ4n) is 1.49. The van der Waals surface area contributed by atoms with Crippen molar-refractivity contribution in [1.82, 2.24) is 0 Å². The Morgan fingerprint density at radius 2 is 1.62 bits per heavy atom. The van der Waals surface area contributed by atoms with E-state index in [1.165, 1.54) is 16.7 Å². The second-order valence-corrected chi connectivity index (χ2v) is 4.72. The molecular weight excluding hydrogens is 158 g/mol. The van der Waals surface area contributed by atoms with Crippen molar-refractivity contribution in [2.45, 2.75) is 40.0 Å². The molecule has 0 atom stereocenters. The molecular formula is C12H19N. The molecule has 0 fully saturated rings. The highest BCUT2D eigenvalue weighted by atomic mass is 14.6. The third kappa shape index (κ3) is 1.85. The van der Waals surface area contributed by atoms with Gasteiger partial charge in [-0.25, -0.2) is 0 Å². The van der Waals surface area contributed by atoms with Gasteiger partial charge in [-0.3, -0.25) is 0 Å². The molecule has 0 bridgehead atoms. The maximum atomic E-state index is 6.07. The lowest BCUT2D eigenvalue weighted by Crippen LogP contribution is -2.15. The molecule has 1 aromatic carbocycles. The summed E-state index contributed by atoms with van der Waals surface area (Å²) < 4.78 is 0. The Balaban J connectivity index is 3.35. The molecule has 0 saturated heterocycles. The molecule has 0 radical (unpaired) electrons. The van der Waals surface area contributed by atoms with Gasteiger partial charge in [0.25, 0.3) is 0 Å². The molecule has 1 nitrogen and oxygen atoms in total. The average Bonchev–Trinajstić information content (AvgIpc) is 1.98. The minimum Gasteiger partial charge on any atom is -0.398 e. The molecule has 13 heavy (non-hydrogen) atoms. The van der Waals surface area contributed by atoms with Gasteiger partial charge in [-0.05, 0) is 36.0 Å². The van der Waals surface area contributed by atoms with Crippen molar-refractivity contribution in [3.05, 3.63) is 28.8 Å². The monoisotopic (exact) mass is 177 g/mol. The van der Waals surface area contributed by atoms with Crippen LogP contribution in [0.25, 0.3) is 0 Å². The summed E-state index contributed by atoms with van der Waals surface area (Å²) in [6.45, 7) is 10.7. The van der Waals surface area contributed by atoms with Gasteiger partial charge in [0.15, 0.2) is 0 Å². The van der Waals surface area contributed by atoms with Crippen LogP contribution in [-0.2, 0) is 5.41 Å². The van der Waals surface area contributed by atoms with Gasteiger partial charge in [-0.2, -0.15) is 0 Å². The van der Waals surface area contributed by atoms with E-state index in [0.29, 0.717) is 0 Å². The van der Waals surface area contributed by atoms with Crippen molar-refractivity contribution in [3.63, 3.8) is 0 Å². The zero-order valence-electron chi connectivity index (χ0n) is 9.23. The Morgan fingerprint density at radius 3 is 2.08 bits per heavy atom. The molecule has 0 heterocycles. The highest BCUT2D eigenvalue weighted by molar-refractivity contribution is 5.58. The van der Waals surface area contributed by atoms with Crippen LogP contribution in [0.15, 0.2) is 12.1 Å². The van der Waals surface area contributed by atoms with E-state index in [1.54, 1.807) is 0 Å². The molecule has 0 aliphatic heterocycles. The molecule has 0 saturated carbocycles. The highest BCUT2D eigenvalue weighted by Crippen LogP contribution is 2.30. The van der Waals surface area contributed by atoms with Crippen LogP contribution in [0.1, 0.15) is 37.5 Å². The number of nitrogen functional groups attached to an aromatic ring is 1. The second kappa shape index (κ2) is 3.06. The van der Waals surface area contributed by atoms with E-state index in [4.69, 9.17) is 5.73 Å². The predicted molar refractivity (Wildman–Crippen MR) is 59.0 cm³/mol. The van der Waals surface area contributed by atoms with E-state index in [1.807, 2.05) is 0 Å². The van der Waals surface area contributed by atoms with Crippen molar-refractivity contribution in [2.75, 3.05) is 5.73 Å². The molecule has 0 unspecified atom stereocenters. The van der Waals surface area contributed by atoms with Crippen molar-refractivity contribution in [3.8, 4) is 0 Å². The minimum absolute atomic E-state index is 0.141. The Hall–Kier alpha value is -0.980. The summed E-state index contributed by atoms with van der Waals surface area (Å²) in [7, 11) is 0. The van der Waals surface area contributed by atoms with Gasteiger partial charge in [0.05, 0.1) is 0 Å². The summed E-state index contributed by atoms with van der Waals surface area (Å²) in [4.78, 5) is 0. The van der Waals surface area contributed by atoms with Gasteiger partial charge in [0.2, 0.25) is 0 Å². The number of hydrogen-bond donors (Lipinski definition) is 1. The van der Waals surface area contributed by atoms with E-state index in [-0.39, 0.29) is 5.41 Å². The smallest absolute Gasteiger partial charge is 0.0384 e. The maximum Gasteiger partial charge on any atom is 0.0384 e. The molecule has 0 aliphatic carbocycles. The zero-order chi connectivity index (χ0) is 10.2. The summed E-state index contributed by atoms with van der Waals surface area (Å²) >= 11 is 0. The van der Waals surface area contributed by atoms with E-state index < -0.39 is 0 Å². The number of benzene rings is 1. The van der Waals surface area contributed by atoms with Crippen LogP contribution in [0.4, 0.5) is 5.69 Å². The lowest BCUT2D eigenvalue weighted by Gasteiger charge is -2.23. The average molecular weight is 177 g/mol. The third-order valence-corrected chi connectivity index (χ3v) is 2.59. The lowest BCUT2D eigenvalue weighted by molar-refractivity contribution is 0.592. The van der Waals surface area contributed by atoms with Gasteiger partial charge < -0.3 is 5.73 Å². The first kappa shape index (κ1) is 10.1. The predicted octanol–water partition coefficient (Wildman–Crippen LogP) is 3.18. The largest absolute Gasteiger partial charge is 0.398 e. The van der Waals surface area contributed by atoms with Crippen LogP contribution >= 0.6 is 0 Å². The van der Waals surface area contributed by atoms with Crippen LogP contribution in [-0.4, -0.2) is 0 Å². The van der Waals surface area contributed by atoms with E-state index >= 15 is 0 Å². The van der Waals surface area contributed by atoms with Crippen LogP contribution in [0.5, 0.6) is 0 Å². The Bertz CT molecular complexity index is 319. The van der Waals surface area contributed by atoms with E-state index in [2.05, 4.69) is 46.8 Å². The van der Waals surface area contributed by atoms with Gasteiger partial charge in [0, 0.05) is 5.69 Å². The van der Waals surface area contributed by atoms with E-state index in [0.717, 1.165) is 5.69 Å². The minimum atomic E-state index is 0.141. The highest BCUT2D eigenvalue weighted by Gasteiger charge is 2.17. The summed E-state index contributed by atoms with van der Waals surface area (Å²) in [6.07, 6.45) is 0. The Kier molecular flexibility index (Phi) is 2.38. The Labute approximate surface area is 81.0 Å². The summed E-state index contributed by atoms with van der Waals surface area (Å²) in [6, 6.07) is 4.28. The van der Waals surface area contributed by atoms with Gasteiger partial charge in [-0.15, -0.1) is 0 Å². The molecule has 1 heteroatoms. The van der Waals surface area contributed by atoms with Crippen molar-refractivity contribution >= 4 is 5.69 Å². The van der Waals surface area contributed by atoms with Crippen LogP contribution < -0.4 is 5.73 Å². The van der Waals surface area contributed by atoms with Crippen molar-refractivity contribution < 1.29 is 0 Å². The molecule has 2 N–H and O–H groups in total. The summed E-state index contributed by atoms with van der Waals surface area (Å²) in [5.41, 5.74) is 10.9. The molecule has 0 aromatic heterocycles. The molecule has 72 valence electrons. The van der Waals surface area contributed by atoms with Gasteiger partial charge in [0.1, 0.15) is 0 Å². The molecule has 0 amide bonds. The second-order valence-electron chi connectivity index (χ2n) is 4.72. The zero-order valence-corrected chi connectivity index (χ0v) is 9.23. The molecule has 0 aliphatic rings. The number of rotatable bonds is 0. The van der Waals surface area contributed by atoms with Crippen LogP contribution in [0.2, 0.25) is 0 Å².